The summed E-state index contributed by atoms with van der Waals surface area (Å²) in [6, 6.07) is 9.26. The third kappa shape index (κ3) is 3.05. The molecule has 0 aromatic heterocycles. The first-order chi connectivity index (χ1) is 9.52. The van der Waals surface area contributed by atoms with Crippen molar-refractivity contribution in [2.24, 2.45) is 4.99 Å². The first-order valence-corrected chi connectivity index (χ1v) is 6.94. The van der Waals surface area contributed by atoms with Crippen molar-refractivity contribution in [2.45, 2.75) is 13.3 Å². The first-order valence-electron chi connectivity index (χ1n) is 6.37. The molecule has 1 unspecified atom stereocenters. The molecule has 2 N–H and O–H groups in total. The Labute approximate surface area is 121 Å². The van der Waals surface area contributed by atoms with Crippen LogP contribution in [0.3, 0.4) is 0 Å². The summed E-state index contributed by atoms with van der Waals surface area (Å²) < 4.78 is 13.6. The lowest BCUT2D eigenvalue weighted by Gasteiger charge is -2.11. The van der Waals surface area contributed by atoms with Crippen LogP contribution in [0.2, 0.25) is 0 Å². The Morgan fingerprint density at radius 1 is 1.30 bits per heavy atom. The average Bonchev–Trinajstić information content (AvgIpc) is 2.42. The molecule has 2 aromatic rings. The van der Waals surface area contributed by atoms with E-state index >= 15 is 0 Å². The molecule has 0 heterocycles. The fourth-order valence-corrected chi connectivity index (χ4v) is 2.31. The van der Waals surface area contributed by atoms with E-state index in [9.17, 15) is 4.39 Å². The number of aryl methyl sites for hydroxylation is 1. The molecular formula is C16H18FN2P. The van der Waals surface area contributed by atoms with Gasteiger partial charge in [-0.15, -0.1) is 9.24 Å². The fraction of sp³-hybridized carbons (Fsp3) is 0.188. The summed E-state index contributed by atoms with van der Waals surface area (Å²) in [5, 5.41) is 0.576. The maximum atomic E-state index is 13.6. The predicted octanol–water partition coefficient (Wildman–Crippen LogP) is 2.86. The molecule has 1 atom stereocenters. The molecule has 2 rings (SSSR count). The lowest BCUT2D eigenvalue weighted by molar-refractivity contribution is 0.635. The predicted molar refractivity (Wildman–Crippen MR) is 87.7 cm³/mol. The number of anilines is 1. The molecule has 0 amide bonds. The summed E-state index contributed by atoms with van der Waals surface area (Å²) in [7, 11) is 4.10. The van der Waals surface area contributed by atoms with Crippen molar-refractivity contribution < 1.29 is 4.39 Å². The smallest absolute Gasteiger partial charge is 0.130 e. The third-order valence-electron chi connectivity index (χ3n) is 3.31. The number of nitrogens with zero attached hydrogens (tertiary/aromatic N) is 1. The van der Waals surface area contributed by atoms with Crippen LogP contribution >= 0.6 is 9.24 Å². The van der Waals surface area contributed by atoms with Crippen molar-refractivity contribution in [1.29, 1.82) is 0 Å². The molecule has 2 nitrogen and oxygen atoms in total. The van der Waals surface area contributed by atoms with Crippen molar-refractivity contribution >= 4 is 26.4 Å². The van der Waals surface area contributed by atoms with Crippen LogP contribution in [-0.2, 0) is 6.42 Å². The molecule has 2 aromatic carbocycles. The van der Waals surface area contributed by atoms with Gasteiger partial charge in [-0.1, -0.05) is 24.3 Å². The highest BCUT2D eigenvalue weighted by atomic mass is 31.0. The van der Waals surface area contributed by atoms with Crippen LogP contribution in [0.1, 0.15) is 22.3 Å². The lowest BCUT2D eigenvalue weighted by Crippen LogP contribution is -2.04. The van der Waals surface area contributed by atoms with Crippen molar-refractivity contribution in [1.82, 2.24) is 0 Å². The van der Waals surface area contributed by atoms with Crippen LogP contribution in [-0.4, -0.2) is 13.3 Å². The number of hydrogen-bond acceptors (Lipinski definition) is 2. The Bertz CT molecular complexity index is 666. The van der Waals surface area contributed by atoms with Crippen LogP contribution in [0.15, 0.2) is 35.3 Å². The number of hydrogen-bond donors (Lipinski definition) is 1. The molecule has 104 valence electrons. The summed E-state index contributed by atoms with van der Waals surface area (Å²) >= 11 is 0. The van der Waals surface area contributed by atoms with Crippen molar-refractivity contribution in [3.05, 3.63) is 58.4 Å². The minimum Gasteiger partial charge on any atom is -0.398 e. The number of nitrogens with two attached hydrogens (primary N) is 1. The number of rotatable bonds is 3. The zero-order valence-electron chi connectivity index (χ0n) is 11.7. The third-order valence-corrected chi connectivity index (χ3v) is 3.78. The topological polar surface area (TPSA) is 38.4 Å². The van der Waals surface area contributed by atoms with Gasteiger partial charge in [-0.05, 0) is 36.1 Å². The van der Waals surface area contributed by atoms with E-state index in [4.69, 9.17) is 5.73 Å². The van der Waals surface area contributed by atoms with Gasteiger partial charge in [-0.3, -0.25) is 4.99 Å². The van der Waals surface area contributed by atoms with Gasteiger partial charge in [0.25, 0.3) is 0 Å². The van der Waals surface area contributed by atoms with Gasteiger partial charge < -0.3 is 5.73 Å². The van der Waals surface area contributed by atoms with Gasteiger partial charge in [0.1, 0.15) is 5.82 Å². The van der Waals surface area contributed by atoms with E-state index < -0.39 is 0 Å². The number of aliphatic imine (C=N–C) groups is 1. The number of halogens is 1. The molecule has 0 radical (unpaired) electrons. The molecule has 0 spiro atoms. The normalized spacial score (nSPS) is 11.2. The van der Waals surface area contributed by atoms with Gasteiger partial charge >= 0.3 is 0 Å². The van der Waals surface area contributed by atoms with E-state index in [2.05, 4.69) is 14.2 Å². The van der Waals surface area contributed by atoms with Gasteiger partial charge in [-0.2, -0.15) is 0 Å². The Morgan fingerprint density at radius 3 is 2.70 bits per heavy atom. The molecule has 0 saturated heterocycles. The summed E-state index contributed by atoms with van der Waals surface area (Å²) in [6.07, 6.45) is 2.39. The molecule has 0 fully saturated rings. The molecular weight excluding hydrogens is 270 g/mol. The SMILES string of the molecule is CN=Cc1c(Cc2ccc(P)c(F)c2)ccc(C)c1N. The zero-order chi connectivity index (χ0) is 14.7. The molecule has 0 aliphatic carbocycles. The van der Waals surface area contributed by atoms with Crippen LogP contribution in [0.4, 0.5) is 10.1 Å². The second-order valence-corrected chi connectivity index (χ2v) is 5.41. The highest BCUT2D eigenvalue weighted by molar-refractivity contribution is 7.27. The second-order valence-electron chi connectivity index (χ2n) is 4.79. The summed E-state index contributed by atoms with van der Waals surface area (Å²) in [5.41, 5.74) is 10.8. The van der Waals surface area contributed by atoms with Gasteiger partial charge in [0.05, 0.1) is 0 Å². The molecule has 0 aliphatic rings. The molecule has 4 heteroatoms. The quantitative estimate of drug-likeness (QED) is 0.526. The molecule has 20 heavy (non-hydrogen) atoms. The Morgan fingerprint density at radius 2 is 2.05 bits per heavy atom. The van der Waals surface area contributed by atoms with Crippen LogP contribution < -0.4 is 11.0 Å². The maximum absolute atomic E-state index is 13.6. The van der Waals surface area contributed by atoms with E-state index in [1.807, 2.05) is 25.1 Å². The van der Waals surface area contributed by atoms with E-state index in [0.29, 0.717) is 11.7 Å². The largest absolute Gasteiger partial charge is 0.398 e. The lowest BCUT2D eigenvalue weighted by atomic mass is 9.96. The molecule has 0 bridgehead atoms. The number of benzene rings is 2. The standard InChI is InChI=1S/C16H18FN2P/c1-10-3-5-12(13(9-19-2)16(10)18)7-11-4-6-15(20)14(17)8-11/h3-6,8-9H,7,18,20H2,1-2H3. The highest BCUT2D eigenvalue weighted by Gasteiger charge is 2.09. The minimum atomic E-state index is -0.210. The van der Waals surface area contributed by atoms with Gasteiger partial charge in [0.2, 0.25) is 0 Å². The average molecular weight is 288 g/mol. The van der Waals surface area contributed by atoms with E-state index in [1.165, 1.54) is 0 Å². The van der Waals surface area contributed by atoms with E-state index in [1.54, 1.807) is 25.4 Å². The second kappa shape index (κ2) is 6.15. The molecule has 0 aliphatic heterocycles. The van der Waals surface area contributed by atoms with Crippen molar-refractivity contribution in [3.8, 4) is 0 Å². The summed E-state index contributed by atoms with van der Waals surface area (Å²) in [6.45, 7) is 1.97. The Balaban J connectivity index is 2.42. The summed E-state index contributed by atoms with van der Waals surface area (Å²) in [4.78, 5) is 4.06. The van der Waals surface area contributed by atoms with Crippen molar-refractivity contribution in [3.63, 3.8) is 0 Å². The van der Waals surface area contributed by atoms with Gasteiger partial charge in [-0.25, -0.2) is 4.39 Å². The first kappa shape index (κ1) is 14.7. The van der Waals surface area contributed by atoms with Crippen LogP contribution in [0, 0.1) is 12.7 Å². The number of nitrogen functional groups attached to an aromatic ring is 1. The Hall–Kier alpha value is -1.73. The molecule has 0 saturated carbocycles. The fourth-order valence-electron chi connectivity index (χ4n) is 2.13. The monoisotopic (exact) mass is 288 g/mol. The van der Waals surface area contributed by atoms with Crippen LogP contribution in [0.25, 0.3) is 0 Å². The highest BCUT2D eigenvalue weighted by Crippen LogP contribution is 2.22. The van der Waals surface area contributed by atoms with Crippen molar-refractivity contribution in [2.75, 3.05) is 12.8 Å². The van der Waals surface area contributed by atoms with Crippen LogP contribution in [0.5, 0.6) is 0 Å². The van der Waals surface area contributed by atoms with Gasteiger partial charge in [0.15, 0.2) is 0 Å². The van der Waals surface area contributed by atoms with E-state index in [-0.39, 0.29) is 5.82 Å². The minimum absolute atomic E-state index is 0.210. The Kier molecular flexibility index (Phi) is 4.51. The van der Waals surface area contributed by atoms with Gasteiger partial charge in [0, 0.05) is 29.8 Å². The zero-order valence-corrected chi connectivity index (χ0v) is 12.8. The van der Waals surface area contributed by atoms with E-state index in [0.717, 1.165) is 27.9 Å². The maximum Gasteiger partial charge on any atom is 0.130 e. The summed E-state index contributed by atoms with van der Waals surface area (Å²) in [5.74, 6) is -0.210.